The van der Waals surface area contributed by atoms with Gasteiger partial charge in [0.25, 0.3) is 5.89 Å². The van der Waals surface area contributed by atoms with Crippen molar-refractivity contribution in [2.45, 2.75) is 45.1 Å². The first kappa shape index (κ1) is 18.7. The Morgan fingerprint density at radius 2 is 2.21 bits per heavy atom. The summed E-state index contributed by atoms with van der Waals surface area (Å²) >= 11 is 0. The highest BCUT2D eigenvalue weighted by molar-refractivity contribution is 5.84. The number of aryl methyl sites for hydroxylation is 1. The number of H-pyrrole nitrogens is 1. The number of ether oxygens (including phenoxy) is 1. The second-order valence-electron chi connectivity index (χ2n) is 7.25. The smallest absolute Gasteiger partial charge is 0.264 e. The number of aromatic amines is 1. The van der Waals surface area contributed by atoms with Gasteiger partial charge in [-0.2, -0.15) is 0 Å². The third kappa shape index (κ3) is 4.25. The monoisotopic (exact) mass is 382 g/mol. The van der Waals surface area contributed by atoms with Gasteiger partial charge in [0.1, 0.15) is 5.69 Å². The summed E-state index contributed by atoms with van der Waals surface area (Å²) in [6.45, 7) is 4.32. The third-order valence-corrected chi connectivity index (χ3v) is 5.07. The summed E-state index contributed by atoms with van der Waals surface area (Å²) in [6, 6.07) is 9.99. The number of carbonyl (C=O) groups excluding carboxylic acids is 1. The van der Waals surface area contributed by atoms with Crippen LogP contribution >= 0.6 is 0 Å². The summed E-state index contributed by atoms with van der Waals surface area (Å²) in [5.74, 6) is 1.04. The fourth-order valence-corrected chi connectivity index (χ4v) is 3.65. The zero-order chi connectivity index (χ0) is 19.3. The van der Waals surface area contributed by atoms with E-state index in [9.17, 15) is 4.79 Å². The molecule has 1 aliphatic rings. The Hall–Kier alpha value is -2.67. The van der Waals surface area contributed by atoms with E-state index in [2.05, 4.69) is 22.1 Å². The summed E-state index contributed by atoms with van der Waals surface area (Å²) in [5, 5.41) is 9.34. The maximum absolute atomic E-state index is 12.7. The van der Waals surface area contributed by atoms with Crippen molar-refractivity contribution in [2.24, 2.45) is 0 Å². The topological polar surface area (TPSA) is 84.2 Å². The largest absolute Gasteiger partial charge is 0.419 e. The van der Waals surface area contributed by atoms with Crippen LogP contribution in [0.3, 0.4) is 0 Å². The first-order valence-corrected chi connectivity index (χ1v) is 10.0. The lowest BCUT2D eigenvalue weighted by atomic mass is 10.2. The molecule has 1 aromatic carbocycles. The quantitative estimate of drug-likeness (QED) is 0.644. The van der Waals surface area contributed by atoms with Crippen molar-refractivity contribution in [3.63, 3.8) is 0 Å². The second kappa shape index (κ2) is 8.56. The number of amides is 1. The van der Waals surface area contributed by atoms with Gasteiger partial charge in [0.15, 0.2) is 0 Å². The lowest BCUT2D eigenvalue weighted by molar-refractivity contribution is -0.132. The van der Waals surface area contributed by atoms with Crippen molar-refractivity contribution in [1.82, 2.24) is 20.1 Å². The van der Waals surface area contributed by atoms with E-state index in [0.717, 1.165) is 49.0 Å². The van der Waals surface area contributed by atoms with Gasteiger partial charge in [-0.15, -0.1) is 10.2 Å². The highest BCUT2D eigenvalue weighted by Gasteiger charge is 2.22. The van der Waals surface area contributed by atoms with Crippen LogP contribution < -0.4 is 0 Å². The minimum Gasteiger partial charge on any atom is -0.419 e. The van der Waals surface area contributed by atoms with E-state index < -0.39 is 0 Å². The molecule has 3 heterocycles. The first-order chi connectivity index (χ1) is 13.7. The fourth-order valence-electron chi connectivity index (χ4n) is 3.65. The normalized spacial score (nSPS) is 16.7. The Balaban J connectivity index is 1.36. The lowest BCUT2D eigenvalue weighted by Crippen LogP contribution is -2.38. The highest BCUT2D eigenvalue weighted by Crippen LogP contribution is 2.23. The Bertz CT molecular complexity index is 894. The summed E-state index contributed by atoms with van der Waals surface area (Å²) in [6.07, 6.45) is 4.03. The Morgan fingerprint density at radius 3 is 3.00 bits per heavy atom. The number of rotatable bonds is 8. The van der Waals surface area contributed by atoms with Crippen molar-refractivity contribution in [3.8, 4) is 11.6 Å². The SMILES string of the molecule is CCCN(CC1CCCO1)C(=O)CCc1nnc(-c2cc3ccccc3[nH]2)o1. The third-order valence-electron chi connectivity index (χ3n) is 5.07. The number of hydrogen-bond donors (Lipinski definition) is 1. The van der Waals surface area contributed by atoms with Gasteiger partial charge < -0.3 is 19.0 Å². The number of benzene rings is 1. The molecule has 3 aromatic rings. The minimum absolute atomic E-state index is 0.114. The Labute approximate surface area is 164 Å². The molecule has 1 amide bonds. The number of hydrogen-bond acceptors (Lipinski definition) is 5. The average molecular weight is 382 g/mol. The molecule has 2 aromatic heterocycles. The fraction of sp³-hybridized carbons (Fsp3) is 0.476. The van der Waals surface area contributed by atoms with Crippen LogP contribution in [0.4, 0.5) is 0 Å². The summed E-state index contributed by atoms with van der Waals surface area (Å²) in [7, 11) is 0. The maximum atomic E-state index is 12.7. The summed E-state index contributed by atoms with van der Waals surface area (Å²) < 4.78 is 11.5. The molecule has 28 heavy (non-hydrogen) atoms. The minimum atomic E-state index is 0.114. The molecule has 1 saturated heterocycles. The molecule has 1 unspecified atom stereocenters. The molecule has 148 valence electrons. The molecule has 0 spiro atoms. The number of nitrogens with zero attached hydrogens (tertiary/aromatic N) is 3. The van der Waals surface area contributed by atoms with Gasteiger partial charge in [-0.25, -0.2) is 0 Å². The zero-order valence-corrected chi connectivity index (χ0v) is 16.2. The Kier molecular flexibility index (Phi) is 5.71. The van der Waals surface area contributed by atoms with Crippen molar-refractivity contribution < 1.29 is 13.9 Å². The van der Waals surface area contributed by atoms with E-state index in [-0.39, 0.29) is 12.0 Å². The second-order valence-corrected chi connectivity index (χ2v) is 7.25. The van der Waals surface area contributed by atoms with E-state index >= 15 is 0 Å². The number of carbonyl (C=O) groups is 1. The van der Waals surface area contributed by atoms with Gasteiger partial charge in [-0.05, 0) is 31.4 Å². The molecule has 0 radical (unpaired) electrons. The van der Waals surface area contributed by atoms with Crippen molar-refractivity contribution in [2.75, 3.05) is 19.7 Å². The van der Waals surface area contributed by atoms with Gasteiger partial charge in [0.05, 0.1) is 6.10 Å². The van der Waals surface area contributed by atoms with Crippen molar-refractivity contribution in [1.29, 1.82) is 0 Å². The van der Waals surface area contributed by atoms with E-state index in [1.165, 1.54) is 0 Å². The predicted octanol–water partition coefficient (Wildman–Crippen LogP) is 3.57. The molecule has 7 heteroatoms. The van der Waals surface area contributed by atoms with Crippen molar-refractivity contribution in [3.05, 3.63) is 36.2 Å². The van der Waals surface area contributed by atoms with Crippen LogP contribution in [-0.2, 0) is 16.0 Å². The number of nitrogens with one attached hydrogen (secondary N) is 1. The first-order valence-electron chi connectivity index (χ1n) is 10.0. The van der Waals surface area contributed by atoms with Crippen LogP contribution in [0, 0.1) is 0 Å². The van der Waals surface area contributed by atoms with Crippen LogP contribution in [0.2, 0.25) is 0 Å². The molecule has 4 rings (SSSR count). The Morgan fingerprint density at radius 1 is 1.32 bits per heavy atom. The molecule has 0 saturated carbocycles. The van der Waals surface area contributed by atoms with Crippen LogP contribution in [0.25, 0.3) is 22.5 Å². The molecule has 1 aliphatic heterocycles. The van der Waals surface area contributed by atoms with Crippen LogP contribution in [0.1, 0.15) is 38.5 Å². The molecule has 0 aliphatic carbocycles. The van der Waals surface area contributed by atoms with Crippen LogP contribution in [0.15, 0.2) is 34.7 Å². The van der Waals surface area contributed by atoms with Gasteiger partial charge in [-0.3, -0.25) is 4.79 Å². The lowest BCUT2D eigenvalue weighted by Gasteiger charge is -2.25. The van der Waals surface area contributed by atoms with E-state index in [4.69, 9.17) is 9.15 Å². The zero-order valence-electron chi connectivity index (χ0n) is 16.2. The molecule has 1 fully saturated rings. The van der Waals surface area contributed by atoms with E-state index in [1.807, 2.05) is 35.2 Å². The number of aromatic nitrogens is 3. The number of fused-ring (bicyclic) bond motifs is 1. The molecular formula is C21H26N4O3. The molecule has 7 nitrogen and oxygen atoms in total. The van der Waals surface area contributed by atoms with Gasteiger partial charge in [-0.1, -0.05) is 25.1 Å². The van der Waals surface area contributed by atoms with E-state index in [1.54, 1.807) is 0 Å². The van der Waals surface area contributed by atoms with E-state index in [0.29, 0.717) is 31.2 Å². The summed E-state index contributed by atoms with van der Waals surface area (Å²) in [4.78, 5) is 17.9. The van der Waals surface area contributed by atoms with Crippen LogP contribution in [0.5, 0.6) is 0 Å². The van der Waals surface area contributed by atoms with Crippen molar-refractivity contribution >= 4 is 16.8 Å². The average Bonchev–Trinajstić information content (AvgIpc) is 3.45. The molecule has 1 atom stereocenters. The molecule has 0 bridgehead atoms. The maximum Gasteiger partial charge on any atom is 0.264 e. The predicted molar refractivity (Wildman–Crippen MR) is 106 cm³/mol. The molecular weight excluding hydrogens is 356 g/mol. The van der Waals surface area contributed by atoms with Crippen LogP contribution in [-0.4, -0.2) is 51.8 Å². The van der Waals surface area contributed by atoms with Gasteiger partial charge in [0.2, 0.25) is 11.8 Å². The highest BCUT2D eigenvalue weighted by atomic mass is 16.5. The van der Waals surface area contributed by atoms with Gasteiger partial charge >= 0.3 is 0 Å². The van der Waals surface area contributed by atoms with Gasteiger partial charge in [0, 0.05) is 43.4 Å². The standard InChI is InChI=1S/C21H26N4O3/c1-2-11-25(14-16-7-5-12-27-16)20(26)10-9-19-23-24-21(28-19)18-13-15-6-3-4-8-17(15)22-18/h3-4,6,8,13,16,22H,2,5,7,9-12,14H2,1H3. The number of para-hydroxylation sites is 1. The molecule has 1 N–H and O–H groups in total. The summed E-state index contributed by atoms with van der Waals surface area (Å²) in [5.41, 5.74) is 1.81.